The molecule has 3 heteroatoms. The van der Waals surface area contributed by atoms with Gasteiger partial charge in [0.2, 0.25) is 0 Å². The molecule has 0 aromatic carbocycles. The van der Waals surface area contributed by atoms with E-state index < -0.39 is 0 Å². The zero-order valence-electron chi connectivity index (χ0n) is 9.34. The summed E-state index contributed by atoms with van der Waals surface area (Å²) in [5, 5.41) is 4.61. The van der Waals surface area contributed by atoms with E-state index in [0.717, 1.165) is 12.5 Å². The van der Waals surface area contributed by atoms with E-state index in [1.54, 1.807) is 0 Å². The fourth-order valence-electron chi connectivity index (χ4n) is 1.83. The zero-order valence-corrected chi connectivity index (χ0v) is 10.2. The molecule has 2 fully saturated rings. The van der Waals surface area contributed by atoms with Crippen molar-refractivity contribution in [3.63, 3.8) is 0 Å². The molecule has 2 unspecified atom stereocenters. The Morgan fingerprint density at radius 3 is 2.86 bits per heavy atom. The predicted molar refractivity (Wildman–Crippen MR) is 63.9 cm³/mol. The lowest BCUT2D eigenvalue weighted by molar-refractivity contribution is 0.564. The molecular formula is C11H20N2S. The van der Waals surface area contributed by atoms with Crippen molar-refractivity contribution < 1.29 is 0 Å². The largest absolute Gasteiger partial charge is 0.362 e. The Bertz CT molecular complexity index is 248. The van der Waals surface area contributed by atoms with Crippen LogP contribution in [0.3, 0.4) is 0 Å². The van der Waals surface area contributed by atoms with Crippen molar-refractivity contribution in [1.82, 2.24) is 5.32 Å². The van der Waals surface area contributed by atoms with Gasteiger partial charge in [-0.3, -0.25) is 4.99 Å². The summed E-state index contributed by atoms with van der Waals surface area (Å²) in [6.07, 6.45) is 2.61. The van der Waals surface area contributed by atoms with Crippen LogP contribution in [0.2, 0.25) is 0 Å². The Hall–Kier alpha value is -0.180. The smallest absolute Gasteiger partial charge is 0.156 e. The second-order valence-electron chi connectivity index (χ2n) is 5.22. The molecule has 1 saturated heterocycles. The lowest BCUT2D eigenvalue weighted by Crippen LogP contribution is -2.35. The summed E-state index contributed by atoms with van der Waals surface area (Å²) in [5.41, 5.74) is 0.564. The summed E-state index contributed by atoms with van der Waals surface area (Å²) in [6, 6.07) is 0.613. The molecule has 0 bridgehead atoms. The standard InChI is InChI=1S/C11H20N2S/c1-8-4-5-14-10(13-8)12-7-9-6-11(9,2)3/h8-9H,4-7H2,1-3H3,(H,12,13). The van der Waals surface area contributed by atoms with Gasteiger partial charge in [-0.25, -0.2) is 0 Å². The Labute approximate surface area is 90.9 Å². The van der Waals surface area contributed by atoms with Gasteiger partial charge < -0.3 is 5.32 Å². The lowest BCUT2D eigenvalue weighted by Gasteiger charge is -2.21. The lowest BCUT2D eigenvalue weighted by atomic mass is 10.1. The molecule has 0 aromatic rings. The fourth-order valence-corrected chi connectivity index (χ4v) is 2.94. The fraction of sp³-hybridized carbons (Fsp3) is 0.909. The number of aliphatic imine (C=N–C) groups is 1. The van der Waals surface area contributed by atoms with Gasteiger partial charge in [0, 0.05) is 18.3 Å². The molecule has 80 valence electrons. The third-order valence-electron chi connectivity index (χ3n) is 3.33. The second-order valence-corrected chi connectivity index (χ2v) is 6.30. The van der Waals surface area contributed by atoms with E-state index in [4.69, 9.17) is 0 Å². The number of thioether (sulfide) groups is 1. The van der Waals surface area contributed by atoms with Crippen LogP contribution >= 0.6 is 11.8 Å². The van der Waals surface area contributed by atoms with E-state index in [0.29, 0.717) is 11.5 Å². The maximum Gasteiger partial charge on any atom is 0.156 e. The Balaban J connectivity index is 1.80. The van der Waals surface area contributed by atoms with E-state index in [2.05, 4.69) is 31.1 Å². The molecule has 1 N–H and O–H groups in total. The van der Waals surface area contributed by atoms with Gasteiger partial charge in [0.05, 0.1) is 0 Å². The first kappa shape index (κ1) is 10.3. The maximum absolute atomic E-state index is 4.66. The number of nitrogens with one attached hydrogen (secondary N) is 1. The predicted octanol–water partition coefficient (Wildman–Crippen LogP) is 2.50. The molecule has 2 atom stereocenters. The van der Waals surface area contributed by atoms with Gasteiger partial charge in [-0.2, -0.15) is 0 Å². The van der Waals surface area contributed by atoms with Crippen molar-refractivity contribution in [3.8, 4) is 0 Å². The maximum atomic E-state index is 4.66. The molecule has 14 heavy (non-hydrogen) atoms. The van der Waals surface area contributed by atoms with Gasteiger partial charge in [0.25, 0.3) is 0 Å². The van der Waals surface area contributed by atoms with Crippen LogP contribution in [0.15, 0.2) is 4.99 Å². The van der Waals surface area contributed by atoms with Gasteiger partial charge >= 0.3 is 0 Å². The first-order valence-corrected chi connectivity index (χ1v) is 6.50. The van der Waals surface area contributed by atoms with E-state index >= 15 is 0 Å². The van der Waals surface area contributed by atoms with Crippen LogP contribution in [0.4, 0.5) is 0 Å². The first-order chi connectivity index (χ1) is 6.58. The van der Waals surface area contributed by atoms with Gasteiger partial charge in [-0.05, 0) is 31.1 Å². The van der Waals surface area contributed by atoms with E-state index in [-0.39, 0.29) is 0 Å². The van der Waals surface area contributed by atoms with Crippen molar-refractivity contribution in [3.05, 3.63) is 0 Å². The molecular weight excluding hydrogens is 192 g/mol. The van der Waals surface area contributed by atoms with E-state index in [1.807, 2.05) is 11.8 Å². The topological polar surface area (TPSA) is 24.4 Å². The monoisotopic (exact) mass is 212 g/mol. The highest BCUT2D eigenvalue weighted by atomic mass is 32.2. The quantitative estimate of drug-likeness (QED) is 0.760. The van der Waals surface area contributed by atoms with Gasteiger partial charge in [0.1, 0.15) is 0 Å². The molecule has 2 aliphatic rings. The normalized spacial score (nSPS) is 38.1. The van der Waals surface area contributed by atoms with Crippen LogP contribution in [0.25, 0.3) is 0 Å². The molecule has 0 aromatic heterocycles. The Morgan fingerprint density at radius 1 is 1.57 bits per heavy atom. The summed E-state index contributed by atoms with van der Waals surface area (Å²) in [5.74, 6) is 2.05. The van der Waals surface area contributed by atoms with Crippen molar-refractivity contribution >= 4 is 16.9 Å². The highest BCUT2D eigenvalue weighted by molar-refractivity contribution is 8.13. The van der Waals surface area contributed by atoms with E-state index in [9.17, 15) is 0 Å². The Kier molecular flexibility index (Phi) is 2.78. The molecule has 2 rings (SSSR count). The third-order valence-corrected chi connectivity index (χ3v) is 4.29. The minimum absolute atomic E-state index is 0.564. The number of amidine groups is 1. The van der Waals surface area contributed by atoms with Crippen LogP contribution in [-0.4, -0.2) is 23.5 Å². The Morgan fingerprint density at radius 2 is 2.29 bits per heavy atom. The van der Waals surface area contributed by atoms with Gasteiger partial charge in [0.15, 0.2) is 5.17 Å². The zero-order chi connectivity index (χ0) is 10.2. The van der Waals surface area contributed by atoms with Crippen molar-refractivity contribution in [2.45, 2.75) is 39.7 Å². The highest BCUT2D eigenvalue weighted by Gasteiger charge is 2.45. The van der Waals surface area contributed by atoms with Crippen LogP contribution in [0.1, 0.15) is 33.6 Å². The number of hydrogen-bond acceptors (Lipinski definition) is 2. The van der Waals surface area contributed by atoms with Crippen LogP contribution in [-0.2, 0) is 0 Å². The minimum atomic E-state index is 0.564. The van der Waals surface area contributed by atoms with E-state index in [1.165, 1.54) is 23.8 Å². The summed E-state index contributed by atoms with van der Waals surface area (Å²) in [7, 11) is 0. The summed E-state index contributed by atoms with van der Waals surface area (Å²) >= 11 is 1.88. The van der Waals surface area contributed by atoms with Gasteiger partial charge in [-0.1, -0.05) is 25.6 Å². The van der Waals surface area contributed by atoms with Crippen LogP contribution in [0.5, 0.6) is 0 Å². The average molecular weight is 212 g/mol. The first-order valence-electron chi connectivity index (χ1n) is 5.52. The summed E-state index contributed by atoms with van der Waals surface area (Å²) in [4.78, 5) is 4.66. The van der Waals surface area contributed by atoms with Crippen LogP contribution in [0, 0.1) is 11.3 Å². The number of rotatable bonds is 2. The molecule has 2 nitrogen and oxygen atoms in total. The molecule has 0 spiro atoms. The molecule has 1 aliphatic carbocycles. The minimum Gasteiger partial charge on any atom is -0.362 e. The molecule has 0 amide bonds. The highest BCUT2D eigenvalue weighted by Crippen LogP contribution is 2.51. The van der Waals surface area contributed by atoms with Crippen molar-refractivity contribution in [2.75, 3.05) is 12.3 Å². The molecule has 1 saturated carbocycles. The summed E-state index contributed by atoms with van der Waals surface area (Å²) < 4.78 is 0. The SMILES string of the molecule is CC1CCSC(=NCC2CC2(C)C)N1. The molecule has 1 aliphatic heterocycles. The second kappa shape index (κ2) is 3.76. The van der Waals surface area contributed by atoms with Gasteiger partial charge in [-0.15, -0.1) is 0 Å². The van der Waals surface area contributed by atoms with Crippen molar-refractivity contribution in [2.24, 2.45) is 16.3 Å². The molecule has 1 heterocycles. The molecule has 0 radical (unpaired) electrons. The number of hydrogen-bond donors (Lipinski definition) is 1. The summed E-state index contributed by atoms with van der Waals surface area (Å²) in [6.45, 7) is 7.93. The van der Waals surface area contributed by atoms with Crippen LogP contribution < -0.4 is 5.32 Å². The van der Waals surface area contributed by atoms with Crippen molar-refractivity contribution in [1.29, 1.82) is 0 Å². The average Bonchev–Trinajstić information content (AvgIpc) is 2.71. The number of nitrogens with zero attached hydrogens (tertiary/aromatic N) is 1. The third kappa shape index (κ3) is 2.44.